The molecule has 0 unspecified atom stereocenters. The fraction of sp³-hybridized carbons (Fsp3) is 0.222. The number of ether oxygens (including phenoxy) is 1. The van der Waals surface area contributed by atoms with Gasteiger partial charge in [-0.05, 0) is 31.2 Å². The summed E-state index contributed by atoms with van der Waals surface area (Å²) in [5.41, 5.74) is 2.76. The maximum Gasteiger partial charge on any atom is 0.338 e. The van der Waals surface area contributed by atoms with E-state index in [9.17, 15) is 4.79 Å². The van der Waals surface area contributed by atoms with E-state index < -0.39 is 0 Å². The van der Waals surface area contributed by atoms with Gasteiger partial charge in [-0.25, -0.2) is 9.78 Å². The minimum absolute atomic E-state index is 0.0594. The lowest BCUT2D eigenvalue weighted by Gasteiger charge is -2.38. The molecule has 2 aromatic carbocycles. The molecule has 1 saturated heterocycles. The van der Waals surface area contributed by atoms with E-state index in [0.29, 0.717) is 18.7 Å². The Bertz CT molecular complexity index is 818. The molecule has 1 fully saturated rings. The molecule has 2 heterocycles. The largest absolute Gasteiger partial charge is 0.455 e. The Morgan fingerprint density at radius 1 is 1.17 bits per heavy atom. The lowest BCUT2D eigenvalue weighted by atomic mass is 10.1. The molecular formula is C18H16N2O2S. The van der Waals surface area contributed by atoms with Gasteiger partial charge in [0.2, 0.25) is 0 Å². The predicted molar refractivity (Wildman–Crippen MR) is 92.2 cm³/mol. The third kappa shape index (κ3) is 2.80. The van der Waals surface area contributed by atoms with Crippen LogP contribution < -0.4 is 4.90 Å². The van der Waals surface area contributed by atoms with Gasteiger partial charge in [-0.2, -0.15) is 0 Å². The number of thiazole rings is 1. The number of anilines is 1. The van der Waals surface area contributed by atoms with Crippen LogP contribution in [0, 0.1) is 6.92 Å². The van der Waals surface area contributed by atoms with E-state index in [-0.39, 0.29) is 12.1 Å². The fourth-order valence-corrected chi connectivity index (χ4v) is 3.56. The van der Waals surface area contributed by atoms with Crippen molar-refractivity contribution >= 4 is 32.7 Å². The molecule has 5 heteroatoms. The highest BCUT2D eigenvalue weighted by Gasteiger charge is 2.32. The zero-order chi connectivity index (χ0) is 15.8. The number of hydrogen-bond acceptors (Lipinski definition) is 5. The normalized spacial score (nSPS) is 14.7. The Morgan fingerprint density at radius 2 is 1.91 bits per heavy atom. The van der Waals surface area contributed by atoms with Crippen LogP contribution in [-0.2, 0) is 4.74 Å². The maximum absolute atomic E-state index is 12.1. The Balaban J connectivity index is 1.37. The summed E-state index contributed by atoms with van der Waals surface area (Å²) in [6.45, 7) is 3.41. The second-order valence-electron chi connectivity index (χ2n) is 5.76. The molecule has 0 saturated carbocycles. The molecule has 116 valence electrons. The molecule has 0 spiro atoms. The summed E-state index contributed by atoms with van der Waals surface area (Å²) in [6.07, 6.45) is -0.0594. The van der Waals surface area contributed by atoms with Gasteiger partial charge in [0, 0.05) is 0 Å². The molecule has 1 aromatic heterocycles. The Labute approximate surface area is 138 Å². The summed E-state index contributed by atoms with van der Waals surface area (Å²) in [6, 6.07) is 15.6. The molecule has 0 atom stereocenters. The molecule has 0 aliphatic carbocycles. The smallest absolute Gasteiger partial charge is 0.338 e. The van der Waals surface area contributed by atoms with Crippen LogP contribution >= 0.6 is 11.3 Å². The van der Waals surface area contributed by atoms with Crippen LogP contribution in [-0.4, -0.2) is 30.1 Å². The predicted octanol–water partition coefficient (Wildman–Crippen LogP) is 3.65. The van der Waals surface area contributed by atoms with Gasteiger partial charge < -0.3 is 9.64 Å². The van der Waals surface area contributed by atoms with Gasteiger partial charge in [0.25, 0.3) is 0 Å². The van der Waals surface area contributed by atoms with Crippen molar-refractivity contribution in [3.05, 3.63) is 59.7 Å². The molecule has 3 aromatic rings. The average Bonchev–Trinajstić information content (AvgIpc) is 2.94. The number of hydrogen-bond donors (Lipinski definition) is 0. The van der Waals surface area contributed by atoms with Crippen molar-refractivity contribution in [3.8, 4) is 0 Å². The SMILES string of the molecule is Cc1ccc(C(=O)OC2CN(c3nc4ccccc4s3)C2)cc1. The number of aryl methyl sites for hydroxylation is 1. The number of benzene rings is 2. The van der Waals surface area contributed by atoms with Crippen molar-refractivity contribution in [2.45, 2.75) is 13.0 Å². The average molecular weight is 324 g/mol. The van der Waals surface area contributed by atoms with Crippen LogP contribution in [0.5, 0.6) is 0 Å². The summed E-state index contributed by atoms with van der Waals surface area (Å²) >= 11 is 1.67. The van der Waals surface area contributed by atoms with E-state index in [4.69, 9.17) is 4.74 Å². The molecule has 0 amide bonds. The van der Waals surface area contributed by atoms with Crippen LogP contribution in [0.4, 0.5) is 5.13 Å². The molecule has 1 aliphatic rings. The summed E-state index contributed by atoms with van der Waals surface area (Å²) in [7, 11) is 0. The lowest BCUT2D eigenvalue weighted by Crippen LogP contribution is -2.53. The molecule has 1 aliphatic heterocycles. The van der Waals surface area contributed by atoms with Crippen LogP contribution in [0.3, 0.4) is 0 Å². The van der Waals surface area contributed by atoms with E-state index >= 15 is 0 Å². The number of rotatable bonds is 3. The lowest BCUT2D eigenvalue weighted by molar-refractivity contribution is 0.0234. The summed E-state index contributed by atoms with van der Waals surface area (Å²) in [4.78, 5) is 18.9. The molecule has 4 rings (SSSR count). The maximum atomic E-state index is 12.1. The first-order valence-electron chi connectivity index (χ1n) is 7.57. The highest BCUT2D eigenvalue weighted by atomic mass is 32.1. The Kier molecular flexibility index (Phi) is 3.50. The molecule has 0 radical (unpaired) electrons. The minimum atomic E-state index is -0.251. The quantitative estimate of drug-likeness (QED) is 0.690. The van der Waals surface area contributed by atoms with Crippen molar-refractivity contribution in [1.29, 1.82) is 0 Å². The van der Waals surface area contributed by atoms with E-state index in [1.165, 1.54) is 4.70 Å². The number of fused-ring (bicyclic) bond motifs is 1. The first-order chi connectivity index (χ1) is 11.2. The second-order valence-corrected chi connectivity index (χ2v) is 6.77. The number of para-hydroxylation sites is 1. The third-order valence-electron chi connectivity index (χ3n) is 3.96. The number of nitrogens with zero attached hydrogens (tertiary/aromatic N) is 2. The van der Waals surface area contributed by atoms with Gasteiger partial charge in [-0.15, -0.1) is 0 Å². The van der Waals surface area contributed by atoms with Gasteiger partial charge in [-0.3, -0.25) is 0 Å². The van der Waals surface area contributed by atoms with Gasteiger partial charge in [0.1, 0.15) is 6.10 Å². The number of esters is 1. The van der Waals surface area contributed by atoms with E-state index in [2.05, 4.69) is 16.0 Å². The first-order valence-corrected chi connectivity index (χ1v) is 8.39. The van der Waals surface area contributed by atoms with Crippen molar-refractivity contribution in [2.75, 3.05) is 18.0 Å². The zero-order valence-corrected chi connectivity index (χ0v) is 13.5. The topological polar surface area (TPSA) is 42.4 Å². The molecule has 0 bridgehead atoms. The van der Waals surface area contributed by atoms with Crippen molar-refractivity contribution in [2.24, 2.45) is 0 Å². The minimum Gasteiger partial charge on any atom is -0.455 e. The molecule has 0 N–H and O–H groups in total. The van der Waals surface area contributed by atoms with Crippen molar-refractivity contribution < 1.29 is 9.53 Å². The fourth-order valence-electron chi connectivity index (χ4n) is 2.57. The van der Waals surface area contributed by atoms with E-state index in [0.717, 1.165) is 16.2 Å². The van der Waals surface area contributed by atoms with Crippen molar-refractivity contribution in [1.82, 2.24) is 4.98 Å². The summed E-state index contributed by atoms with van der Waals surface area (Å²) in [5.74, 6) is -0.251. The van der Waals surface area contributed by atoms with E-state index in [1.807, 2.05) is 49.4 Å². The highest BCUT2D eigenvalue weighted by Crippen LogP contribution is 2.31. The van der Waals surface area contributed by atoms with Crippen LogP contribution in [0.15, 0.2) is 48.5 Å². The molecular weight excluding hydrogens is 308 g/mol. The van der Waals surface area contributed by atoms with Gasteiger partial charge in [0.15, 0.2) is 5.13 Å². The van der Waals surface area contributed by atoms with Crippen LogP contribution in [0.25, 0.3) is 10.2 Å². The van der Waals surface area contributed by atoms with Crippen molar-refractivity contribution in [3.63, 3.8) is 0 Å². The number of carbonyl (C=O) groups excluding carboxylic acids is 1. The Morgan fingerprint density at radius 3 is 2.65 bits per heavy atom. The zero-order valence-electron chi connectivity index (χ0n) is 12.7. The monoisotopic (exact) mass is 324 g/mol. The van der Waals surface area contributed by atoms with E-state index in [1.54, 1.807) is 11.3 Å². The summed E-state index contributed by atoms with van der Waals surface area (Å²) < 4.78 is 6.72. The number of aromatic nitrogens is 1. The summed E-state index contributed by atoms with van der Waals surface area (Å²) in [5, 5.41) is 0.994. The van der Waals surface area contributed by atoms with Gasteiger partial charge in [-0.1, -0.05) is 41.2 Å². The molecule has 4 nitrogen and oxygen atoms in total. The molecule has 23 heavy (non-hydrogen) atoms. The van der Waals surface area contributed by atoms with Crippen LogP contribution in [0.2, 0.25) is 0 Å². The van der Waals surface area contributed by atoms with Gasteiger partial charge in [0.05, 0.1) is 28.9 Å². The number of carbonyl (C=O) groups is 1. The van der Waals surface area contributed by atoms with Gasteiger partial charge >= 0.3 is 5.97 Å². The Hall–Kier alpha value is -2.40. The standard InChI is InChI=1S/C18H16N2O2S/c1-12-6-8-13(9-7-12)17(21)22-14-10-20(11-14)18-19-15-4-2-3-5-16(15)23-18/h2-9,14H,10-11H2,1H3. The van der Waals surface area contributed by atoms with Crippen LogP contribution in [0.1, 0.15) is 15.9 Å². The second kappa shape index (κ2) is 5.66. The highest BCUT2D eigenvalue weighted by molar-refractivity contribution is 7.22. The first kappa shape index (κ1) is 14.2. The third-order valence-corrected chi connectivity index (χ3v) is 5.06.